The van der Waals surface area contributed by atoms with Gasteiger partial charge in [-0.3, -0.25) is 9.69 Å². The summed E-state index contributed by atoms with van der Waals surface area (Å²) in [7, 11) is 0. The van der Waals surface area contributed by atoms with E-state index in [-0.39, 0.29) is 11.7 Å². The van der Waals surface area contributed by atoms with E-state index in [2.05, 4.69) is 44.6 Å². The zero-order valence-electron chi connectivity index (χ0n) is 16.8. The van der Waals surface area contributed by atoms with Crippen LogP contribution in [-0.4, -0.2) is 61.5 Å². The lowest BCUT2D eigenvalue weighted by Gasteiger charge is -2.36. The van der Waals surface area contributed by atoms with Gasteiger partial charge in [0.15, 0.2) is 11.5 Å². The number of nitrogens with one attached hydrogen (secondary N) is 1. The summed E-state index contributed by atoms with van der Waals surface area (Å²) >= 11 is 0. The molecule has 2 aromatic rings. The quantitative estimate of drug-likeness (QED) is 0.529. The van der Waals surface area contributed by atoms with Crippen molar-refractivity contribution >= 4 is 17.8 Å². The molecule has 1 aliphatic rings. The SMILES string of the molecule is CCOc1cccc(/C=N/NC(=O)CCN2CCN(c3ccccc3)CC2)c1O. The van der Waals surface area contributed by atoms with Crippen LogP contribution in [0.15, 0.2) is 53.6 Å². The molecular weight excluding hydrogens is 368 g/mol. The Morgan fingerprint density at radius 1 is 1.14 bits per heavy atom. The number of piperazine rings is 1. The number of anilines is 1. The van der Waals surface area contributed by atoms with Crippen LogP contribution in [0, 0.1) is 0 Å². The molecule has 0 saturated carbocycles. The van der Waals surface area contributed by atoms with E-state index in [1.807, 2.05) is 13.0 Å². The number of carbonyl (C=O) groups excluding carboxylic acids is 1. The third kappa shape index (κ3) is 5.96. The number of rotatable bonds is 8. The van der Waals surface area contributed by atoms with Crippen LogP contribution < -0.4 is 15.1 Å². The number of nitrogens with zero attached hydrogens (tertiary/aromatic N) is 3. The predicted molar refractivity (Wildman–Crippen MR) is 115 cm³/mol. The molecule has 0 bridgehead atoms. The van der Waals surface area contributed by atoms with Crippen molar-refractivity contribution < 1.29 is 14.6 Å². The highest BCUT2D eigenvalue weighted by molar-refractivity contribution is 5.86. The predicted octanol–water partition coefficient (Wildman–Crippen LogP) is 2.45. The van der Waals surface area contributed by atoms with Crippen molar-refractivity contribution in [3.8, 4) is 11.5 Å². The average Bonchev–Trinajstić information content (AvgIpc) is 2.76. The Bertz CT molecular complexity index is 818. The third-order valence-electron chi connectivity index (χ3n) is 4.87. The van der Waals surface area contributed by atoms with Gasteiger partial charge >= 0.3 is 0 Å². The second kappa shape index (κ2) is 10.5. The number of benzene rings is 2. The normalized spacial score (nSPS) is 14.9. The fourth-order valence-electron chi connectivity index (χ4n) is 3.27. The first-order valence-electron chi connectivity index (χ1n) is 9.96. The number of para-hydroxylation sites is 2. The second-order valence-electron chi connectivity index (χ2n) is 6.83. The third-order valence-corrected chi connectivity index (χ3v) is 4.87. The number of phenols is 1. The molecular formula is C22H28N4O3. The molecule has 0 radical (unpaired) electrons. The molecule has 0 atom stereocenters. The molecule has 1 fully saturated rings. The molecule has 0 spiro atoms. The maximum atomic E-state index is 12.1. The van der Waals surface area contributed by atoms with Gasteiger partial charge < -0.3 is 14.7 Å². The summed E-state index contributed by atoms with van der Waals surface area (Å²) in [5.41, 5.74) is 4.27. The largest absolute Gasteiger partial charge is 0.504 e. The summed E-state index contributed by atoms with van der Waals surface area (Å²) in [5, 5.41) is 14.1. The summed E-state index contributed by atoms with van der Waals surface area (Å²) < 4.78 is 5.34. The lowest BCUT2D eigenvalue weighted by atomic mass is 10.2. The monoisotopic (exact) mass is 396 g/mol. The molecule has 7 nitrogen and oxygen atoms in total. The zero-order chi connectivity index (χ0) is 20.5. The first-order valence-corrected chi connectivity index (χ1v) is 9.96. The molecule has 29 heavy (non-hydrogen) atoms. The van der Waals surface area contributed by atoms with Crippen molar-refractivity contribution in [3.63, 3.8) is 0 Å². The molecule has 2 aromatic carbocycles. The van der Waals surface area contributed by atoms with Crippen LogP contribution >= 0.6 is 0 Å². The van der Waals surface area contributed by atoms with Gasteiger partial charge in [0.25, 0.3) is 0 Å². The van der Waals surface area contributed by atoms with E-state index < -0.39 is 0 Å². The Balaban J connectivity index is 1.40. The van der Waals surface area contributed by atoms with Crippen molar-refractivity contribution in [2.75, 3.05) is 44.2 Å². The number of hydrazone groups is 1. The lowest BCUT2D eigenvalue weighted by molar-refractivity contribution is -0.121. The number of amides is 1. The zero-order valence-corrected chi connectivity index (χ0v) is 16.8. The Morgan fingerprint density at radius 2 is 1.90 bits per heavy atom. The van der Waals surface area contributed by atoms with Gasteiger partial charge in [-0.05, 0) is 31.2 Å². The minimum absolute atomic E-state index is 0.0173. The van der Waals surface area contributed by atoms with E-state index in [0.717, 1.165) is 26.2 Å². The molecule has 1 amide bonds. The summed E-state index contributed by atoms with van der Waals surface area (Å²) in [6.45, 7) is 6.80. The van der Waals surface area contributed by atoms with Crippen LogP contribution in [0.5, 0.6) is 11.5 Å². The maximum absolute atomic E-state index is 12.1. The van der Waals surface area contributed by atoms with Gasteiger partial charge in [0, 0.05) is 50.4 Å². The highest BCUT2D eigenvalue weighted by Gasteiger charge is 2.17. The Hall–Kier alpha value is -3.06. The minimum atomic E-state index is -0.146. The van der Waals surface area contributed by atoms with Crippen LogP contribution in [0.25, 0.3) is 0 Å². The molecule has 3 rings (SSSR count). The standard InChI is InChI=1S/C22H28N4O3/c1-2-29-20-10-6-7-18(22(20)28)17-23-24-21(27)11-12-25-13-15-26(16-14-25)19-8-4-3-5-9-19/h3-10,17,28H,2,11-16H2,1H3,(H,24,27)/b23-17+. The van der Waals surface area contributed by atoms with E-state index in [0.29, 0.717) is 30.9 Å². The number of hydrogen-bond donors (Lipinski definition) is 2. The van der Waals surface area contributed by atoms with Gasteiger partial charge in [-0.2, -0.15) is 5.10 Å². The van der Waals surface area contributed by atoms with Crippen LogP contribution in [0.1, 0.15) is 18.9 Å². The Kier molecular flexibility index (Phi) is 7.47. The van der Waals surface area contributed by atoms with E-state index in [4.69, 9.17) is 4.74 Å². The van der Waals surface area contributed by atoms with Crippen LogP contribution in [0.4, 0.5) is 5.69 Å². The molecule has 0 aliphatic carbocycles. The molecule has 1 saturated heterocycles. The van der Waals surface area contributed by atoms with Gasteiger partial charge in [-0.1, -0.05) is 24.3 Å². The number of carbonyl (C=O) groups is 1. The van der Waals surface area contributed by atoms with E-state index >= 15 is 0 Å². The molecule has 0 unspecified atom stereocenters. The van der Waals surface area contributed by atoms with E-state index in [9.17, 15) is 9.90 Å². The molecule has 0 aromatic heterocycles. The highest BCUT2D eigenvalue weighted by Crippen LogP contribution is 2.28. The minimum Gasteiger partial charge on any atom is -0.504 e. The fraction of sp³-hybridized carbons (Fsp3) is 0.364. The van der Waals surface area contributed by atoms with Crippen LogP contribution in [-0.2, 0) is 4.79 Å². The smallest absolute Gasteiger partial charge is 0.241 e. The van der Waals surface area contributed by atoms with E-state index in [1.165, 1.54) is 11.9 Å². The van der Waals surface area contributed by atoms with E-state index in [1.54, 1.807) is 18.2 Å². The summed E-state index contributed by atoms with van der Waals surface area (Å²) in [6.07, 6.45) is 1.81. The Labute approximate surface area is 171 Å². The fourth-order valence-corrected chi connectivity index (χ4v) is 3.27. The van der Waals surface area contributed by atoms with Gasteiger partial charge in [0.2, 0.25) is 5.91 Å². The number of ether oxygens (including phenoxy) is 1. The van der Waals surface area contributed by atoms with Crippen molar-refractivity contribution in [3.05, 3.63) is 54.1 Å². The van der Waals surface area contributed by atoms with Crippen LogP contribution in [0.2, 0.25) is 0 Å². The highest BCUT2D eigenvalue weighted by atomic mass is 16.5. The van der Waals surface area contributed by atoms with Crippen molar-refractivity contribution in [2.45, 2.75) is 13.3 Å². The lowest BCUT2D eigenvalue weighted by Crippen LogP contribution is -2.47. The number of phenolic OH excluding ortho intramolecular Hbond substituents is 1. The first-order chi connectivity index (χ1) is 14.2. The van der Waals surface area contributed by atoms with Crippen LogP contribution in [0.3, 0.4) is 0 Å². The van der Waals surface area contributed by atoms with Gasteiger partial charge in [-0.15, -0.1) is 0 Å². The number of hydrogen-bond acceptors (Lipinski definition) is 6. The second-order valence-corrected chi connectivity index (χ2v) is 6.83. The topological polar surface area (TPSA) is 77.4 Å². The Morgan fingerprint density at radius 3 is 2.62 bits per heavy atom. The molecule has 1 aliphatic heterocycles. The summed E-state index contributed by atoms with van der Waals surface area (Å²) in [6, 6.07) is 15.6. The molecule has 2 N–H and O–H groups in total. The van der Waals surface area contributed by atoms with Gasteiger partial charge in [-0.25, -0.2) is 5.43 Å². The van der Waals surface area contributed by atoms with Crippen molar-refractivity contribution in [1.82, 2.24) is 10.3 Å². The van der Waals surface area contributed by atoms with Crippen molar-refractivity contribution in [2.24, 2.45) is 5.10 Å². The molecule has 7 heteroatoms. The number of aromatic hydroxyl groups is 1. The van der Waals surface area contributed by atoms with Gasteiger partial charge in [0.05, 0.1) is 12.8 Å². The summed E-state index contributed by atoms with van der Waals surface area (Å²) in [5.74, 6) is 0.272. The first kappa shape index (κ1) is 20.7. The summed E-state index contributed by atoms with van der Waals surface area (Å²) in [4.78, 5) is 16.7. The van der Waals surface area contributed by atoms with Crippen molar-refractivity contribution in [1.29, 1.82) is 0 Å². The average molecular weight is 396 g/mol. The molecule has 1 heterocycles. The maximum Gasteiger partial charge on any atom is 0.241 e. The molecule has 154 valence electrons. The van der Waals surface area contributed by atoms with Gasteiger partial charge in [0.1, 0.15) is 0 Å².